The van der Waals surface area contributed by atoms with Crippen LogP contribution in [0.25, 0.3) is 0 Å². The highest BCUT2D eigenvalue weighted by Gasteiger charge is 2.18. The number of hydrogen-bond acceptors (Lipinski definition) is 4. The second kappa shape index (κ2) is 5.79. The van der Waals surface area contributed by atoms with Crippen LogP contribution in [0.1, 0.15) is 18.1 Å². The van der Waals surface area contributed by atoms with Crippen LogP contribution in [-0.4, -0.2) is 29.9 Å². The van der Waals surface area contributed by atoms with E-state index in [2.05, 4.69) is 5.32 Å². The van der Waals surface area contributed by atoms with Gasteiger partial charge in [0.25, 0.3) is 0 Å². The lowest BCUT2D eigenvalue weighted by atomic mass is 10.0. The maximum absolute atomic E-state index is 13.0. The molecule has 1 aromatic carbocycles. The van der Waals surface area contributed by atoms with Crippen LogP contribution in [0.5, 0.6) is 0 Å². The highest BCUT2D eigenvalue weighted by atomic mass is 19.1. The first-order valence-corrected chi connectivity index (χ1v) is 5.11. The number of nitrogens with one attached hydrogen (secondary N) is 1. The molecule has 0 heterocycles. The average Bonchev–Trinajstić information content (AvgIpc) is 2.23. The van der Waals surface area contributed by atoms with Crippen molar-refractivity contribution >= 4 is 5.69 Å². The Bertz CT molecular complexity index is 327. The second-order valence-corrected chi connectivity index (χ2v) is 3.72. The first-order valence-electron chi connectivity index (χ1n) is 5.11. The van der Waals surface area contributed by atoms with Crippen LogP contribution in [0.15, 0.2) is 18.2 Å². The van der Waals surface area contributed by atoms with Gasteiger partial charge in [-0.1, -0.05) is 0 Å². The summed E-state index contributed by atoms with van der Waals surface area (Å²) in [6, 6.07) is 3.79. The maximum atomic E-state index is 13.0. The summed E-state index contributed by atoms with van der Waals surface area (Å²) in [7, 11) is 1.75. The lowest BCUT2D eigenvalue weighted by Gasteiger charge is -2.18. The number of rotatable bonds is 5. The van der Waals surface area contributed by atoms with Gasteiger partial charge in [0.05, 0.1) is 6.10 Å². The van der Waals surface area contributed by atoms with Crippen LogP contribution < -0.4 is 11.1 Å². The minimum atomic E-state index is -1.12. The fourth-order valence-electron chi connectivity index (χ4n) is 1.48. The van der Waals surface area contributed by atoms with Crippen molar-refractivity contribution in [3.05, 3.63) is 29.6 Å². The summed E-state index contributed by atoms with van der Waals surface area (Å²) in [5.41, 5.74) is 5.98. The average molecular weight is 228 g/mol. The van der Waals surface area contributed by atoms with Crippen molar-refractivity contribution in [2.24, 2.45) is 0 Å². The van der Waals surface area contributed by atoms with Crippen molar-refractivity contribution in [2.45, 2.75) is 18.6 Å². The quantitative estimate of drug-likeness (QED) is 0.550. The molecule has 1 rings (SSSR count). The molecule has 16 heavy (non-hydrogen) atoms. The molecule has 0 aliphatic heterocycles. The smallest absolute Gasteiger partial charge is 0.125 e. The molecule has 0 radical (unpaired) electrons. The highest BCUT2D eigenvalue weighted by molar-refractivity contribution is 5.42. The fraction of sp³-hybridized carbons (Fsp3) is 0.455. The van der Waals surface area contributed by atoms with E-state index in [-0.39, 0.29) is 5.69 Å². The van der Waals surface area contributed by atoms with Crippen LogP contribution in [0.4, 0.5) is 10.1 Å². The number of anilines is 1. The van der Waals surface area contributed by atoms with Gasteiger partial charge >= 0.3 is 0 Å². The van der Waals surface area contributed by atoms with E-state index in [1.54, 1.807) is 7.05 Å². The van der Waals surface area contributed by atoms with Crippen LogP contribution in [0.3, 0.4) is 0 Å². The number of hydrogen-bond donors (Lipinski definition) is 4. The van der Waals surface area contributed by atoms with E-state index >= 15 is 0 Å². The monoisotopic (exact) mass is 228 g/mol. The van der Waals surface area contributed by atoms with E-state index in [0.717, 1.165) is 6.07 Å². The van der Waals surface area contributed by atoms with Gasteiger partial charge in [0.15, 0.2) is 0 Å². The summed E-state index contributed by atoms with van der Waals surface area (Å²) in [6.07, 6.45) is -1.67. The molecule has 2 atom stereocenters. The fourth-order valence-corrected chi connectivity index (χ4v) is 1.48. The van der Waals surface area contributed by atoms with E-state index in [9.17, 15) is 14.6 Å². The molecule has 0 bridgehead atoms. The standard InChI is InChI=1S/C11H17FN2O2/c1-14-3-2-10(15)11(16)7-4-8(12)6-9(13)5-7/h4-6,10-11,14-16H,2-3,13H2,1H3. The van der Waals surface area contributed by atoms with E-state index in [1.807, 2.05) is 0 Å². The molecule has 2 unspecified atom stereocenters. The number of nitrogens with two attached hydrogens (primary N) is 1. The Labute approximate surface area is 93.9 Å². The molecule has 0 saturated carbocycles. The molecular weight excluding hydrogens is 211 g/mol. The molecule has 0 spiro atoms. The van der Waals surface area contributed by atoms with Crippen molar-refractivity contribution in [2.75, 3.05) is 19.3 Å². The Morgan fingerprint density at radius 2 is 2.06 bits per heavy atom. The molecule has 0 fully saturated rings. The van der Waals surface area contributed by atoms with Crippen LogP contribution >= 0.6 is 0 Å². The van der Waals surface area contributed by atoms with E-state index in [0.29, 0.717) is 18.5 Å². The third-order valence-electron chi connectivity index (χ3n) is 2.34. The molecule has 0 aliphatic rings. The van der Waals surface area contributed by atoms with Gasteiger partial charge in [-0.05, 0) is 43.8 Å². The summed E-state index contributed by atoms with van der Waals surface area (Å²) < 4.78 is 13.0. The van der Waals surface area contributed by atoms with Crippen molar-refractivity contribution in [3.8, 4) is 0 Å². The van der Waals surface area contributed by atoms with Crippen LogP contribution in [-0.2, 0) is 0 Å². The summed E-state index contributed by atoms with van der Waals surface area (Å²) >= 11 is 0. The Morgan fingerprint density at radius 3 is 2.62 bits per heavy atom. The Hall–Kier alpha value is -1.17. The predicted molar refractivity (Wildman–Crippen MR) is 60.3 cm³/mol. The van der Waals surface area contributed by atoms with E-state index in [1.165, 1.54) is 12.1 Å². The maximum Gasteiger partial charge on any atom is 0.125 e. The lowest BCUT2D eigenvalue weighted by Crippen LogP contribution is -2.23. The first-order chi connectivity index (χ1) is 7.54. The Morgan fingerprint density at radius 1 is 1.38 bits per heavy atom. The zero-order chi connectivity index (χ0) is 12.1. The summed E-state index contributed by atoms with van der Waals surface area (Å²) in [5, 5.41) is 22.3. The largest absolute Gasteiger partial charge is 0.399 e. The molecule has 4 nitrogen and oxygen atoms in total. The first kappa shape index (κ1) is 12.9. The van der Waals surface area contributed by atoms with Crippen molar-refractivity contribution < 1.29 is 14.6 Å². The van der Waals surface area contributed by atoms with Gasteiger partial charge in [0, 0.05) is 5.69 Å². The van der Waals surface area contributed by atoms with Gasteiger partial charge in [-0.25, -0.2) is 4.39 Å². The number of aliphatic hydroxyl groups is 2. The molecule has 5 N–H and O–H groups in total. The molecule has 1 aromatic rings. The normalized spacial score (nSPS) is 14.8. The molecule has 0 aromatic heterocycles. The van der Waals surface area contributed by atoms with Gasteiger partial charge in [-0.15, -0.1) is 0 Å². The highest BCUT2D eigenvalue weighted by Crippen LogP contribution is 2.22. The summed E-state index contributed by atoms with van der Waals surface area (Å²) in [4.78, 5) is 0. The summed E-state index contributed by atoms with van der Waals surface area (Å²) in [5.74, 6) is -0.519. The van der Waals surface area contributed by atoms with Gasteiger partial charge < -0.3 is 21.3 Å². The number of benzene rings is 1. The molecule has 0 aliphatic carbocycles. The van der Waals surface area contributed by atoms with Crippen LogP contribution in [0, 0.1) is 5.82 Å². The molecule has 5 heteroatoms. The SMILES string of the molecule is CNCCC(O)C(O)c1cc(N)cc(F)c1. The predicted octanol–water partition coefficient (Wildman–Crippen LogP) is 0.412. The molecule has 0 amide bonds. The van der Waals surface area contributed by atoms with Crippen molar-refractivity contribution in [1.82, 2.24) is 5.32 Å². The minimum absolute atomic E-state index is 0.231. The number of aliphatic hydroxyl groups excluding tert-OH is 2. The van der Waals surface area contributed by atoms with Crippen molar-refractivity contribution in [3.63, 3.8) is 0 Å². The van der Waals surface area contributed by atoms with Gasteiger partial charge in [0.2, 0.25) is 0 Å². The molecular formula is C11H17FN2O2. The van der Waals surface area contributed by atoms with E-state index < -0.39 is 18.0 Å². The van der Waals surface area contributed by atoms with Crippen LogP contribution in [0.2, 0.25) is 0 Å². The number of nitrogen functional groups attached to an aromatic ring is 1. The van der Waals surface area contributed by atoms with Gasteiger partial charge in [-0.3, -0.25) is 0 Å². The summed E-state index contributed by atoms with van der Waals surface area (Å²) in [6.45, 7) is 0.572. The minimum Gasteiger partial charge on any atom is -0.399 e. The topological polar surface area (TPSA) is 78.5 Å². The number of halogens is 1. The third kappa shape index (κ3) is 3.44. The third-order valence-corrected chi connectivity index (χ3v) is 2.34. The lowest BCUT2D eigenvalue weighted by molar-refractivity contribution is 0.0139. The molecule has 0 saturated heterocycles. The van der Waals surface area contributed by atoms with Gasteiger partial charge in [0.1, 0.15) is 11.9 Å². The Kier molecular flexibility index (Phi) is 4.67. The van der Waals surface area contributed by atoms with E-state index in [4.69, 9.17) is 5.73 Å². The van der Waals surface area contributed by atoms with Gasteiger partial charge in [-0.2, -0.15) is 0 Å². The molecule has 90 valence electrons. The van der Waals surface area contributed by atoms with Crippen molar-refractivity contribution in [1.29, 1.82) is 0 Å². The Balaban J connectivity index is 2.74. The zero-order valence-corrected chi connectivity index (χ0v) is 9.15. The second-order valence-electron chi connectivity index (χ2n) is 3.72. The zero-order valence-electron chi connectivity index (χ0n) is 9.15.